The number of hydrogen-bond donors (Lipinski definition) is 0. The molecule has 0 spiro atoms. The maximum Gasteiger partial charge on any atom is 0.172 e. The number of Topliss-reactive ketones (excluding diaryl/α,β-unsaturated/α-hetero) is 1. The van der Waals surface area contributed by atoms with Gasteiger partial charge in [-0.3, -0.25) is 9.48 Å². The van der Waals surface area contributed by atoms with E-state index in [-0.39, 0.29) is 5.78 Å². The summed E-state index contributed by atoms with van der Waals surface area (Å²) in [4.78, 5) is 14.2. The third kappa shape index (κ3) is 1.61. The number of aromatic nitrogens is 2. The largest absolute Gasteiger partial charge is 0.327 e. The van der Waals surface area contributed by atoms with Crippen molar-refractivity contribution in [1.82, 2.24) is 9.78 Å². The molecular weight excluding hydrogens is 250 g/mol. The SMILES string of the molecule is CN1c2ccc(Cl)cc2CC(=O)c2cn(C)nc21. The van der Waals surface area contributed by atoms with Crippen molar-refractivity contribution in [2.45, 2.75) is 6.42 Å². The molecule has 0 N–H and O–H groups in total. The van der Waals surface area contributed by atoms with E-state index in [1.54, 1.807) is 10.9 Å². The van der Waals surface area contributed by atoms with E-state index in [0.29, 0.717) is 22.8 Å². The smallest absolute Gasteiger partial charge is 0.172 e. The summed E-state index contributed by atoms with van der Waals surface area (Å²) in [6, 6.07) is 5.60. The molecule has 0 radical (unpaired) electrons. The average Bonchev–Trinajstić information content (AvgIpc) is 2.67. The Hall–Kier alpha value is -1.81. The van der Waals surface area contributed by atoms with Gasteiger partial charge in [0.15, 0.2) is 11.6 Å². The first kappa shape index (κ1) is 11.3. The molecule has 0 aliphatic carbocycles. The molecule has 2 aromatic rings. The Morgan fingerprint density at radius 3 is 2.89 bits per heavy atom. The number of aryl methyl sites for hydroxylation is 1. The summed E-state index contributed by atoms with van der Waals surface area (Å²) < 4.78 is 1.67. The highest BCUT2D eigenvalue weighted by atomic mass is 35.5. The van der Waals surface area contributed by atoms with Crippen molar-refractivity contribution in [3.63, 3.8) is 0 Å². The van der Waals surface area contributed by atoms with Crippen LogP contribution in [0.1, 0.15) is 15.9 Å². The van der Waals surface area contributed by atoms with Crippen LogP contribution in [0.5, 0.6) is 0 Å². The quantitative estimate of drug-likeness (QED) is 0.732. The minimum Gasteiger partial charge on any atom is -0.327 e. The van der Waals surface area contributed by atoms with E-state index in [1.165, 1.54) is 0 Å². The van der Waals surface area contributed by atoms with Crippen LogP contribution in [0.25, 0.3) is 0 Å². The second-order valence-corrected chi connectivity index (χ2v) is 4.91. The molecule has 0 unspecified atom stereocenters. The van der Waals surface area contributed by atoms with Crippen molar-refractivity contribution in [2.24, 2.45) is 7.05 Å². The number of carbonyl (C=O) groups excluding carboxylic acids is 1. The summed E-state index contributed by atoms with van der Waals surface area (Å²) >= 11 is 5.99. The highest BCUT2D eigenvalue weighted by Gasteiger charge is 2.26. The maximum atomic E-state index is 12.2. The Labute approximate surface area is 110 Å². The number of carbonyl (C=O) groups is 1. The summed E-state index contributed by atoms with van der Waals surface area (Å²) in [7, 11) is 3.73. The molecule has 0 amide bonds. The Kier molecular flexibility index (Phi) is 2.41. The molecule has 0 saturated heterocycles. The van der Waals surface area contributed by atoms with Crippen LogP contribution in [-0.2, 0) is 13.5 Å². The lowest BCUT2D eigenvalue weighted by Crippen LogP contribution is -2.12. The highest BCUT2D eigenvalue weighted by molar-refractivity contribution is 6.30. The molecule has 92 valence electrons. The van der Waals surface area contributed by atoms with E-state index in [4.69, 9.17) is 11.6 Å². The van der Waals surface area contributed by atoms with E-state index in [9.17, 15) is 4.79 Å². The van der Waals surface area contributed by atoms with Gasteiger partial charge in [-0.1, -0.05) is 11.6 Å². The van der Waals surface area contributed by atoms with Crippen LogP contribution in [0.15, 0.2) is 24.4 Å². The second kappa shape index (κ2) is 3.85. The van der Waals surface area contributed by atoms with Crippen LogP contribution >= 0.6 is 11.6 Å². The molecule has 1 aliphatic heterocycles. The third-order valence-electron chi connectivity index (χ3n) is 3.18. The molecule has 1 aromatic carbocycles. The normalized spacial score (nSPS) is 14.2. The maximum absolute atomic E-state index is 12.2. The molecule has 18 heavy (non-hydrogen) atoms. The standard InChI is InChI=1S/C13H12ClN3O/c1-16-7-10-12(18)6-8-5-9(14)3-4-11(8)17(2)13(10)15-16/h3-5,7H,6H2,1-2H3. The van der Waals surface area contributed by atoms with Gasteiger partial charge in [0.1, 0.15) is 0 Å². The lowest BCUT2D eigenvalue weighted by Gasteiger charge is -2.18. The monoisotopic (exact) mass is 261 g/mol. The van der Waals surface area contributed by atoms with Crippen molar-refractivity contribution >= 4 is 28.9 Å². The lowest BCUT2D eigenvalue weighted by molar-refractivity contribution is 0.0994. The molecule has 1 aromatic heterocycles. The van der Waals surface area contributed by atoms with Crippen LogP contribution in [0.3, 0.4) is 0 Å². The first-order valence-electron chi connectivity index (χ1n) is 5.65. The summed E-state index contributed by atoms with van der Waals surface area (Å²) in [6.45, 7) is 0. The van der Waals surface area contributed by atoms with Crippen molar-refractivity contribution in [2.75, 3.05) is 11.9 Å². The van der Waals surface area contributed by atoms with Gasteiger partial charge in [-0.05, 0) is 23.8 Å². The number of nitrogens with zero attached hydrogens (tertiary/aromatic N) is 3. The van der Waals surface area contributed by atoms with Gasteiger partial charge in [-0.2, -0.15) is 5.10 Å². The first-order chi connectivity index (χ1) is 8.56. The summed E-state index contributed by atoms with van der Waals surface area (Å²) in [6.07, 6.45) is 2.13. The predicted octanol–water partition coefficient (Wildman–Crippen LogP) is 2.58. The molecule has 0 saturated carbocycles. The number of benzene rings is 1. The zero-order valence-corrected chi connectivity index (χ0v) is 10.9. The Balaban J connectivity index is 2.23. The van der Waals surface area contributed by atoms with E-state index >= 15 is 0 Å². The van der Waals surface area contributed by atoms with Gasteiger partial charge in [-0.15, -0.1) is 0 Å². The van der Waals surface area contributed by atoms with Crippen molar-refractivity contribution in [3.05, 3.63) is 40.5 Å². The molecule has 1 aliphatic rings. The molecular formula is C13H12ClN3O. The summed E-state index contributed by atoms with van der Waals surface area (Å²) in [5.41, 5.74) is 2.58. The number of ketones is 1. The number of hydrogen-bond acceptors (Lipinski definition) is 3. The van der Waals surface area contributed by atoms with Crippen LogP contribution in [-0.4, -0.2) is 22.6 Å². The molecule has 0 atom stereocenters. The van der Waals surface area contributed by atoms with Gasteiger partial charge in [-0.25, -0.2) is 0 Å². The molecule has 0 bridgehead atoms. The van der Waals surface area contributed by atoms with Gasteiger partial charge in [0, 0.05) is 37.4 Å². The fourth-order valence-corrected chi connectivity index (χ4v) is 2.52. The van der Waals surface area contributed by atoms with E-state index < -0.39 is 0 Å². The Morgan fingerprint density at radius 1 is 1.33 bits per heavy atom. The molecule has 3 rings (SSSR count). The molecule has 2 heterocycles. The number of fused-ring (bicyclic) bond motifs is 2. The van der Waals surface area contributed by atoms with Crippen LogP contribution in [0.4, 0.5) is 11.5 Å². The van der Waals surface area contributed by atoms with Gasteiger partial charge in [0.25, 0.3) is 0 Å². The van der Waals surface area contributed by atoms with E-state index in [2.05, 4.69) is 5.10 Å². The number of halogens is 1. The Morgan fingerprint density at radius 2 is 2.11 bits per heavy atom. The fraction of sp³-hybridized carbons (Fsp3) is 0.231. The number of anilines is 2. The molecule has 0 fully saturated rings. The fourth-order valence-electron chi connectivity index (χ4n) is 2.33. The third-order valence-corrected chi connectivity index (χ3v) is 3.42. The highest BCUT2D eigenvalue weighted by Crippen LogP contribution is 2.34. The van der Waals surface area contributed by atoms with Crippen molar-refractivity contribution < 1.29 is 4.79 Å². The zero-order chi connectivity index (χ0) is 12.9. The molecule has 5 heteroatoms. The summed E-state index contributed by atoms with van der Waals surface area (Å²) in [5.74, 6) is 0.773. The Bertz CT molecular complexity index is 648. The minimum atomic E-state index is 0.0750. The van der Waals surface area contributed by atoms with Crippen LogP contribution < -0.4 is 4.90 Å². The van der Waals surface area contributed by atoms with Crippen molar-refractivity contribution in [1.29, 1.82) is 0 Å². The van der Waals surface area contributed by atoms with Gasteiger partial charge < -0.3 is 4.90 Å². The van der Waals surface area contributed by atoms with Crippen molar-refractivity contribution in [3.8, 4) is 0 Å². The average molecular weight is 262 g/mol. The minimum absolute atomic E-state index is 0.0750. The topological polar surface area (TPSA) is 38.1 Å². The predicted molar refractivity (Wildman–Crippen MR) is 70.8 cm³/mol. The number of rotatable bonds is 0. The van der Waals surface area contributed by atoms with E-state index in [0.717, 1.165) is 11.3 Å². The molecule has 4 nitrogen and oxygen atoms in total. The van der Waals surface area contributed by atoms with Crippen LogP contribution in [0.2, 0.25) is 5.02 Å². The second-order valence-electron chi connectivity index (χ2n) is 4.47. The lowest BCUT2D eigenvalue weighted by atomic mass is 10.1. The van der Waals surface area contributed by atoms with Crippen LogP contribution in [0, 0.1) is 0 Å². The van der Waals surface area contributed by atoms with Gasteiger partial charge >= 0.3 is 0 Å². The zero-order valence-electron chi connectivity index (χ0n) is 10.1. The first-order valence-corrected chi connectivity index (χ1v) is 6.03. The van der Waals surface area contributed by atoms with Gasteiger partial charge in [0.05, 0.1) is 5.56 Å². The van der Waals surface area contributed by atoms with E-state index in [1.807, 2.05) is 37.2 Å². The van der Waals surface area contributed by atoms with Gasteiger partial charge in [0.2, 0.25) is 0 Å². The summed E-state index contributed by atoms with van der Waals surface area (Å²) in [5, 5.41) is 5.00.